The third-order valence-corrected chi connectivity index (χ3v) is 6.26. The van der Waals surface area contributed by atoms with E-state index < -0.39 is 10.0 Å². The van der Waals surface area contributed by atoms with Gasteiger partial charge >= 0.3 is 0 Å². The van der Waals surface area contributed by atoms with E-state index in [4.69, 9.17) is 11.6 Å². The van der Waals surface area contributed by atoms with Gasteiger partial charge in [0, 0.05) is 16.5 Å². The van der Waals surface area contributed by atoms with E-state index in [2.05, 4.69) is 5.32 Å². The van der Waals surface area contributed by atoms with Gasteiger partial charge in [-0.05, 0) is 36.6 Å². The molecule has 8 heteroatoms. The molecule has 0 unspecified atom stereocenters. The Morgan fingerprint density at radius 2 is 1.88 bits per heavy atom. The van der Waals surface area contributed by atoms with Crippen LogP contribution in [0.2, 0.25) is 5.02 Å². The molecule has 1 saturated heterocycles. The number of halogens is 1. The van der Waals surface area contributed by atoms with Crippen molar-refractivity contribution in [1.29, 1.82) is 0 Å². The van der Waals surface area contributed by atoms with Crippen LogP contribution in [0.1, 0.15) is 18.4 Å². The molecular weight excluding hydrogens is 362 g/mol. The molecule has 1 saturated carbocycles. The lowest BCUT2D eigenvalue weighted by atomic mass is 10.2. The normalized spacial score (nSPS) is 20.0. The van der Waals surface area contributed by atoms with Crippen LogP contribution >= 0.6 is 11.6 Å². The SMILES string of the molecule is O=C(C[NH+]1CCN(S(=O)(=O)/C=C/c2ccc(Cl)cc2)CC1)NC1CC1. The molecule has 1 heterocycles. The first-order chi connectivity index (χ1) is 11.9. The van der Waals surface area contributed by atoms with Crippen LogP contribution in [-0.4, -0.2) is 57.4 Å². The van der Waals surface area contributed by atoms with Crippen LogP contribution in [0.4, 0.5) is 0 Å². The van der Waals surface area contributed by atoms with E-state index in [0.717, 1.165) is 23.3 Å². The molecule has 1 aliphatic heterocycles. The number of hydrogen-bond acceptors (Lipinski definition) is 3. The van der Waals surface area contributed by atoms with Crippen molar-refractivity contribution in [1.82, 2.24) is 9.62 Å². The minimum absolute atomic E-state index is 0.0661. The lowest BCUT2D eigenvalue weighted by molar-refractivity contribution is -0.895. The Morgan fingerprint density at radius 3 is 2.48 bits per heavy atom. The number of hydrogen-bond donors (Lipinski definition) is 2. The minimum atomic E-state index is -3.45. The molecule has 1 amide bonds. The summed E-state index contributed by atoms with van der Waals surface area (Å²) in [5, 5.41) is 4.83. The van der Waals surface area contributed by atoms with E-state index in [1.807, 2.05) is 0 Å². The first-order valence-corrected chi connectivity index (χ1v) is 10.4. The number of amides is 1. The van der Waals surface area contributed by atoms with Crippen molar-refractivity contribution < 1.29 is 18.1 Å². The third-order valence-electron chi connectivity index (χ3n) is 4.44. The van der Waals surface area contributed by atoms with E-state index >= 15 is 0 Å². The summed E-state index contributed by atoms with van der Waals surface area (Å²) < 4.78 is 26.3. The lowest BCUT2D eigenvalue weighted by Crippen LogP contribution is -3.15. The monoisotopic (exact) mass is 384 g/mol. The zero-order valence-electron chi connectivity index (χ0n) is 13.9. The molecule has 1 aromatic carbocycles. The van der Waals surface area contributed by atoms with Crippen LogP contribution < -0.4 is 10.2 Å². The van der Waals surface area contributed by atoms with Gasteiger partial charge in [0.25, 0.3) is 5.91 Å². The van der Waals surface area contributed by atoms with Gasteiger partial charge < -0.3 is 10.2 Å². The highest BCUT2D eigenvalue weighted by Crippen LogP contribution is 2.18. The molecule has 0 spiro atoms. The van der Waals surface area contributed by atoms with E-state index in [1.54, 1.807) is 30.3 Å². The topological polar surface area (TPSA) is 70.9 Å². The predicted molar refractivity (Wildman–Crippen MR) is 97.7 cm³/mol. The number of sulfonamides is 1. The van der Waals surface area contributed by atoms with Gasteiger partial charge in [-0.3, -0.25) is 4.79 Å². The first kappa shape index (κ1) is 18.4. The number of piperazine rings is 1. The molecule has 0 radical (unpaired) electrons. The molecule has 3 rings (SSSR count). The maximum absolute atomic E-state index is 12.4. The Bertz CT molecular complexity index is 737. The fourth-order valence-corrected chi connectivity index (χ4v) is 4.11. The molecule has 0 atom stereocenters. The van der Waals surface area contributed by atoms with Crippen LogP contribution in [0.3, 0.4) is 0 Å². The van der Waals surface area contributed by atoms with Crippen molar-refractivity contribution in [2.45, 2.75) is 18.9 Å². The van der Waals surface area contributed by atoms with Crippen LogP contribution in [0.5, 0.6) is 0 Å². The van der Waals surface area contributed by atoms with Crippen LogP contribution in [-0.2, 0) is 14.8 Å². The lowest BCUT2D eigenvalue weighted by Gasteiger charge is -2.30. The molecule has 6 nitrogen and oxygen atoms in total. The number of benzene rings is 1. The molecule has 0 aromatic heterocycles. The number of quaternary nitrogens is 1. The summed E-state index contributed by atoms with van der Waals surface area (Å²) in [6.45, 7) is 2.57. The van der Waals surface area contributed by atoms with E-state index in [1.165, 1.54) is 9.71 Å². The maximum atomic E-state index is 12.4. The summed E-state index contributed by atoms with van der Waals surface area (Å²) in [6.07, 6.45) is 3.73. The third kappa shape index (κ3) is 5.54. The zero-order chi connectivity index (χ0) is 17.9. The summed E-state index contributed by atoms with van der Waals surface area (Å²) in [6, 6.07) is 7.36. The van der Waals surface area contributed by atoms with Gasteiger partial charge in [0.15, 0.2) is 6.54 Å². The first-order valence-electron chi connectivity index (χ1n) is 8.49. The Morgan fingerprint density at radius 1 is 1.24 bits per heavy atom. The van der Waals surface area contributed by atoms with Gasteiger partial charge in [0.05, 0.1) is 26.2 Å². The molecular formula is C17H23ClN3O3S+. The average molecular weight is 385 g/mol. The van der Waals surface area contributed by atoms with Crippen molar-refractivity contribution in [3.05, 3.63) is 40.3 Å². The second-order valence-corrected chi connectivity index (χ2v) is 8.82. The van der Waals surface area contributed by atoms with Gasteiger partial charge in [-0.25, -0.2) is 8.42 Å². The summed E-state index contributed by atoms with van der Waals surface area (Å²) >= 11 is 5.82. The molecule has 1 aromatic rings. The summed E-state index contributed by atoms with van der Waals surface area (Å²) in [4.78, 5) is 13.0. The van der Waals surface area contributed by atoms with E-state index in [-0.39, 0.29) is 5.91 Å². The standard InChI is InChI=1S/C17H22ClN3O3S/c18-15-3-1-14(2-4-15)7-12-25(23,24)21-10-8-20(9-11-21)13-17(22)19-16-5-6-16/h1-4,7,12,16H,5-6,8-11,13H2,(H,19,22)/p+1/b12-7+. The average Bonchev–Trinajstić information content (AvgIpc) is 3.39. The Balaban J connectivity index is 1.50. The Kier molecular flexibility index (Phi) is 5.78. The van der Waals surface area contributed by atoms with Crippen molar-refractivity contribution >= 4 is 33.6 Å². The molecule has 2 N–H and O–H groups in total. The van der Waals surface area contributed by atoms with Gasteiger partial charge in [-0.2, -0.15) is 4.31 Å². The highest BCUT2D eigenvalue weighted by molar-refractivity contribution is 7.92. The molecule has 2 fully saturated rings. The number of carbonyl (C=O) groups excluding carboxylic acids is 1. The van der Waals surface area contributed by atoms with Gasteiger partial charge in [-0.15, -0.1) is 0 Å². The largest absolute Gasteiger partial charge is 0.348 e. The number of carbonyl (C=O) groups is 1. The highest BCUT2D eigenvalue weighted by Gasteiger charge is 2.30. The zero-order valence-corrected chi connectivity index (χ0v) is 15.5. The second-order valence-electron chi connectivity index (χ2n) is 6.57. The molecule has 136 valence electrons. The summed E-state index contributed by atoms with van der Waals surface area (Å²) in [5.74, 6) is 0.0661. The molecule has 0 bridgehead atoms. The fraction of sp³-hybridized carbons (Fsp3) is 0.471. The smallest absolute Gasteiger partial charge is 0.275 e. The van der Waals surface area contributed by atoms with Gasteiger partial charge in [0.2, 0.25) is 10.0 Å². The number of rotatable bonds is 6. The molecule has 1 aliphatic carbocycles. The maximum Gasteiger partial charge on any atom is 0.275 e. The molecule has 2 aliphatic rings. The summed E-state index contributed by atoms with van der Waals surface area (Å²) in [7, 11) is -3.45. The highest BCUT2D eigenvalue weighted by atomic mass is 35.5. The minimum Gasteiger partial charge on any atom is -0.348 e. The Labute approximate surface area is 153 Å². The van der Waals surface area contributed by atoms with Crippen LogP contribution in [0, 0.1) is 0 Å². The summed E-state index contributed by atoms with van der Waals surface area (Å²) in [5.41, 5.74) is 0.786. The van der Waals surface area contributed by atoms with Crippen molar-refractivity contribution in [3.63, 3.8) is 0 Å². The van der Waals surface area contributed by atoms with Crippen molar-refractivity contribution in [2.75, 3.05) is 32.7 Å². The van der Waals surface area contributed by atoms with Crippen LogP contribution in [0.15, 0.2) is 29.7 Å². The second kappa shape index (κ2) is 7.86. The van der Waals surface area contributed by atoms with Crippen molar-refractivity contribution in [3.8, 4) is 0 Å². The predicted octanol–water partition coefficient (Wildman–Crippen LogP) is 0.120. The van der Waals surface area contributed by atoms with Gasteiger partial charge in [0.1, 0.15) is 0 Å². The number of nitrogens with one attached hydrogen (secondary N) is 2. The van der Waals surface area contributed by atoms with E-state index in [9.17, 15) is 13.2 Å². The molecule has 25 heavy (non-hydrogen) atoms. The fourth-order valence-electron chi connectivity index (χ4n) is 2.79. The quantitative estimate of drug-likeness (QED) is 0.732. The van der Waals surface area contributed by atoms with Gasteiger partial charge in [-0.1, -0.05) is 23.7 Å². The van der Waals surface area contributed by atoms with Crippen LogP contribution in [0.25, 0.3) is 6.08 Å². The number of nitrogens with zero attached hydrogens (tertiary/aromatic N) is 1. The van der Waals surface area contributed by atoms with Crippen molar-refractivity contribution in [2.24, 2.45) is 0 Å². The van der Waals surface area contributed by atoms with E-state index in [0.29, 0.717) is 43.8 Å². The Hall–Kier alpha value is -1.41.